The van der Waals surface area contributed by atoms with Crippen LogP contribution in [0, 0.1) is 25.2 Å². The first kappa shape index (κ1) is 25.6. The Bertz CT molecular complexity index is 1340. The van der Waals surface area contributed by atoms with E-state index >= 15 is 0 Å². The number of carbonyl (C=O) groups is 3. The molecule has 0 bridgehead atoms. The first-order chi connectivity index (χ1) is 17.8. The molecule has 0 radical (unpaired) electrons. The van der Waals surface area contributed by atoms with Crippen LogP contribution in [0.4, 0.5) is 0 Å². The van der Waals surface area contributed by atoms with Crippen LogP contribution in [0.1, 0.15) is 60.7 Å². The molecule has 1 aromatic heterocycles. The molecule has 4 rings (SSSR count). The zero-order chi connectivity index (χ0) is 26.5. The number of esters is 2. The summed E-state index contributed by atoms with van der Waals surface area (Å²) in [7, 11) is 0. The topological polar surface area (TPSA) is 141 Å². The SMILES string of the molecule is Cc1ccc(C(=O)OC[C@H]2O[C@@H](n3cnc(C(=O)O)c3CC#N)C[C@@H]2OC(=O)c2ccc(C)cc2)cc1. The maximum Gasteiger partial charge on any atom is 0.356 e. The summed E-state index contributed by atoms with van der Waals surface area (Å²) in [5, 5.41) is 18.6. The third-order valence-electron chi connectivity index (χ3n) is 6.05. The average Bonchev–Trinajstić information content (AvgIpc) is 3.47. The fourth-order valence-corrected chi connectivity index (χ4v) is 4.03. The molecule has 37 heavy (non-hydrogen) atoms. The second kappa shape index (κ2) is 11.1. The first-order valence-corrected chi connectivity index (χ1v) is 11.6. The van der Waals surface area contributed by atoms with E-state index in [9.17, 15) is 24.8 Å². The van der Waals surface area contributed by atoms with Crippen molar-refractivity contribution in [2.45, 2.75) is 45.1 Å². The number of aromatic nitrogens is 2. The molecule has 0 saturated carbocycles. The van der Waals surface area contributed by atoms with E-state index in [2.05, 4.69) is 4.98 Å². The van der Waals surface area contributed by atoms with Crippen LogP contribution in [0.3, 0.4) is 0 Å². The summed E-state index contributed by atoms with van der Waals surface area (Å²) < 4.78 is 18.7. The van der Waals surface area contributed by atoms with Gasteiger partial charge in [-0.1, -0.05) is 35.4 Å². The highest BCUT2D eigenvalue weighted by molar-refractivity contribution is 5.90. The van der Waals surface area contributed by atoms with Gasteiger partial charge in [-0.25, -0.2) is 19.4 Å². The zero-order valence-electron chi connectivity index (χ0n) is 20.3. The molecule has 3 atom stereocenters. The van der Waals surface area contributed by atoms with Gasteiger partial charge < -0.3 is 23.9 Å². The molecule has 1 aliphatic heterocycles. The number of ether oxygens (including phenoxy) is 3. The van der Waals surface area contributed by atoms with Gasteiger partial charge in [-0.15, -0.1) is 0 Å². The van der Waals surface area contributed by atoms with Crippen molar-refractivity contribution < 1.29 is 33.7 Å². The fraction of sp³-hybridized carbons (Fsp3) is 0.296. The lowest BCUT2D eigenvalue weighted by Gasteiger charge is -2.19. The molecular formula is C27H25N3O7. The van der Waals surface area contributed by atoms with Crippen molar-refractivity contribution in [3.05, 3.63) is 88.5 Å². The lowest BCUT2D eigenvalue weighted by Crippen LogP contribution is -2.32. The third kappa shape index (κ3) is 5.85. The Labute approximate surface area is 213 Å². The van der Waals surface area contributed by atoms with Gasteiger partial charge in [0.1, 0.15) is 25.0 Å². The second-order valence-electron chi connectivity index (χ2n) is 8.73. The predicted molar refractivity (Wildman–Crippen MR) is 129 cm³/mol. The van der Waals surface area contributed by atoms with Crippen molar-refractivity contribution in [1.29, 1.82) is 5.26 Å². The Morgan fingerprint density at radius 1 is 1.05 bits per heavy atom. The Balaban J connectivity index is 1.55. The number of hydrogen-bond acceptors (Lipinski definition) is 8. The van der Waals surface area contributed by atoms with Crippen molar-refractivity contribution in [2.75, 3.05) is 6.61 Å². The average molecular weight is 504 g/mol. The van der Waals surface area contributed by atoms with Gasteiger partial charge >= 0.3 is 17.9 Å². The van der Waals surface area contributed by atoms with E-state index in [1.807, 2.05) is 19.9 Å². The molecule has 2 heterocycles. The Morgan fingerprint density at radius 2 is 1.65 bits per heavy atom. The minimum absolute atomic E-state index is 0.137. The standard InChI is InChI=1S/C27H25N3O7/c1-16-3-7-18(8-4-16)26(33)35-14-22-21(37-27(34)19-9-5-17(2)6-10-19)13-23(36-22)30-15-29-24(25(31)32)20(30)11-12-28/h3-10,15,21-23H,11,13-14H2,1-2H3,(H,31,32)/t21-,22+,23+/m0/s1. The van der Waals surface area contributed by atoms with Gasteiger partial charge in [0.15, 0.2) is 5.69 Å². The Morgan fingerprint density at radius 3 is 2.22 bits per heavy atom. The smallest absolute Gasteiger partial charge is 0.356 e. The van der Waals surface area contributed by atoms with Gasteiger partial charge in [-0.2, -0.15) is 5.26 Å². The molecule has 1 N–H and O–H groups in total. The number of aromatic carboxylic acids is 1. The largest absolute Gasteiger partial charge is 0.476 e. The highest BCUT2D eigenvalue weighted by atomic mass is 16.6. The third-order valence-corrected chi connectivity index (χ3v) is 6.05. The van der Waals surface area contributed by atoms with E-state index in [0.717, 1.165) is 11.1 Å². The summed E-state index contributed by atoms with van der Waals surface area (Å²) in [4.78, 5) is 40.9. The van der Waals surface area contributed by atoms with Crippen molar-refractivity contribution in [1.82, 2.24) is 9.55 Å². The maximum atomic E-state index is 12.8. The summed E-state index contributed by atoms with van der Waals surface area (Å²) >= 11 is 0. The summed E-state index contributed by atoms with van der Waals surface area (Å²) in [5.74, 6) is -2.40. The van der Waals surface area contributed by atoms with Crippen molar-refractivity contribution >= 4 is 17.9 Å². The lowest BCUT2D eigenvalue weighted by molar-refractivity contribution is -0.0576. The van der Waals surface area contributed by atoms with Gasteiger partial charge in [0.25, 0.3) is 0 Å². The van der Waals surface area contributed by atoms with E-state index in [-0.39, 0.29) is 30.8 Å². The fourth-order valence-electron chi connectivity index (χ4n) is 4.03. The second-order valence-corrected chi connectivity index (χ2v) is 8.73. The van der Waals surface area contributed by atoms with Crippen LogP contribution in [-0.2, 0) is 20.6 Å². The number of hydrogen-bond donors (Lipinski definition) is 1. The van der Waals surface area contributed by atoms with Crippen LogP contribution in [-0.4, -0.2) is 51.4 Å². The van der Waals surface area contributed by atoms with Gasteiger partial charge in [0, 0.05) is 6.42 Å². The minimum atomic E-state index is -1.27. The number of carboxylic acid groups (broad SMARTS) is 1. The van der Waals surface area contributed by atoms with Gasteiger partial charge in [0.05, 0.1) is 35.6 Å². The summed E-state index contributed by atoms with van der Waals surface area (Å²) in [6, 6.07) is 15.7. The number of nitriles is 1. The Kier molecular flexibility index (Phi) is 7.65. The molecule has 0 amide bonds. The quantitative estimate of drug-likeness (QED) is 0.456. The molecule has 0 spiro atoms. The molecule has 10 nitrogen and oxygen atoms in total. The van der Waals surface area contributed by atoms with E-state index in [1.165, 1.54) is 10.9 Å². The molecule has 1 fully saturated rings. The summed E-state index contributed by atoms with van der Waals surface area (Å²) in [6.07, 6.45) is -1.22. The minimum Gasteiger partial charge on any atom is -0.476 e. The monoisotopic (exact) mass is 503 g/mol. The number of benzene rings is 2. The van der Waals surface area contributed by atoms with Crippen LogP contribution in [0.15, 0.2) is 54.9 Å². The van der Waals surface area contributed by atoms with Gasteiger partial charge in [0.2, 0.25) is 0 Å². The van der Waals surface area contributed by atoms with E-state index < -0.39 is 36.3 Å². The molecule has 1 aliphatic rings. The van der Waals surface area contributed by atoms with Crippen LogP contribution < -0.4 is 0 Å². The van der Waals surface area contributed by atoms with E-state index in [0.29, 0.717) is 11.1 Å². The molecule has 190 valence electrons. The normalized spacial score (nSPS) is 18.7. The molecule has 2 aromatic carbocycles. The van der Waals surface area contributed by atoms with Crippen LogP contribution >= 0.6 is 0 Å². The predicted octanol–water partition coefficient (Wildman–Crippen LogP) is 3.63. The van der Waals surface area contributed by atoms with Crippen LogP contribution in [0.5, 0.6) is 0 Å². The number of aryl methyl sites for hydroxylation is 2. The van der Waals surface area contributed by atoms with Crippen LogP contribution in [0.25, 0.3) is 0 Å². The summed E-state index contributed by atoms with van der Waals surface area (Å²) in [5.41, 5.74) is 2.61. The Hall–Kier alpha value is -4.49. The first-order valence-electron chi connectivity index (χ1n) is 11.6. The van der Waals surface area contributed by atoms with Crippen molar-refractivity contribution in [3.8, 4) is 6.07 Å². The number of carbonyl (C=O) groups excluding carboxylic acids is 2. The van der Waals surface area contributed by atoms with Crippen molar-refractivity contribution in [2.24, 2.45) is 0 Å². The molecule has 1 saturated heterocycles. The molecular weight excluding hydrogens is 478 g/mol. The van der Waals surface area contributed by atoms with E-state index in [4.69, 9.17) is 14.2 Å². The molecule has 3 aromatic rings. The summed E-state index contributed by atoms with van der Waals surface area (Å²) in [6.45, 7) is 3.60. The highest BCUT2D eigenvalue weighted by Gasteiger charge is 2.41. The van der Waals surface area contributed by atoms with Crippen molar-refractivity contribution in [3.63, 3.8) is 0 Å². The highest BCUT2D eigenvalue weighted by Crippen LogP contribution is 2.33. The molecule has 0 unspecified atom stereocenters. The number of carboxylic acids is 1. The number of rotatable bonds is 8. The number of nitrogens with zero attached hydrogens (tertiary/aromatic N) is 3. The molecule has 10 heteroatoms. The molecule has 0 aliphatic carbocycles. The zero-order valence-corrected chi connectivity index (χ0v) is 20.3. The van der Waals surface area contributed by atoms with Crippen LogP contribution in [0.2, 0.25) is 0 Å². The number of imidazole rings is 1. The van der Waals surface area contributed by atoms with Gasteiger partial charge in [-0.05, 0) is 38.1 Å². The van der Waals surface area contributed by atoms with Gasteiger partial charge in [-0.3, -0.25) is 0 Å². The lowest BCUT2D eigenvalue weighted by atomic mass is 10.1. The van der Waals surface area contributed by atoms with E-state index in [1.54, 1.807) is 48.5 Å². The maximum absolute atomic E-state index is 12.8.